The lowest BCUT2D eigenvalue weighted by molar-refractivity contribution is 0.199. The summed E-state index contributed by atoms with van der Waals surface area (Å²) in [6, 6.07) is 5.38. The maximum atomic E-state index is 13.1. The zero-order valence-electron chi connectivity index (χ0n) is 10.0. The number of nitrogens with zero attached hydrogens (tertiary/aromatic N) is 1. The maximum absolute atomic E-state index is 13.1. The van der Waals surface area contributed by atoms with Gasteiger partial charge in [-0.3, -0.25) is 0 Å². The predicted octanol–water partition coefficient (Wildman–Crippen LogP) is 1.65. The highest BCUT2D eigenvalue weighted by atomic mass is 32.2. The third-order valence-corrected chi connectivity index (χ3v) is 3.96. The Labute approximate surface area is 106 Å². The number of halogens is 1. The average Bonchev–Trinajstić information content (AvgIpc) is 2.27. The van der Waals surface area contributed by atoms with E-state index in [1.807, 2.05) is 0 Å². The smallest absolute Gasteiger partial charge is 0.154 e. The van der Waals surface area contributed by atoms with E-state index in [9.17, 15) is 12.8 Å². The first-order valence-corrected chi connectivity index (χ1v) is 7.18. The quantitative estimate of drug-likeness (QED) is 0.738. The van der Waals surface area contributed by atoms with Gasteiger partial charge in [0.25, 0.3) is 0 Å². The van der Waals surface area contributed by atoms with Crippen LogP contribution in [0.3, 0.4) is 0 Å². The second-order valence-electron chi connectivity index (χ2n) is 3.90. The van der Waals surface area contributed by atoms with Gasteiger partial charge in [0.2, 0.25) is 0 Å². The molecule has 0 N–H and O–H groups in total. The zero-order chi connectivity index (χ0) is 13.6. The monoisotopic (exact) mass is 271 g/mol. The van der Waals surface area contributed by atoms with Crippen LogP contribution in [0.15, 0.2) is 18.2 Å². The van der Waals surface area contributed by atoms with Crippen molar-refractivity contribution in [2.24, 2.45) is 0 Å². The Balaban J connectivity index is 2.78. The van der Waals surface area contributed by atoms with E-state index >= 15 is 0 Å². The fraction of sp³-hybridized carbons (Fsp3) is 0.417. The van der Waals surface area contributed by atoms with Crippen molar-refractivity contribution in [2.75, 3.05) is 19.5 Å². The SMILES string of the molecule is COCCCS(=O)(=O)Cc1cc(F)cc(C#N)c1. The Bertz CT molecular complexity index is 549. The summed E-state index contributed by atoms with van der Waals surface area (Å²) < 4.78 is 41.4. The van der Waals surface area contributed by atoms with Crippen molar-refractivity contribution >= 4 is 9.84 Å². The Morgan fingerprint density at radius 3 is 2.72 bits per heavy atom. The van der Waals surface area contributed by atoms with Crippen molar-refractivity contribution in [3.8, 4) is 6.07 Å². The summed E-state index contributed by atoms with van der Waals surface area (Å²) in [5.41, 5.74) is 0.418. The van der Waals surface area contributed by atoms with Crippen LogP contribution < -0.4 is 0 Å². The van der Waals surface area contributed by atoms with Crippen LogP contribution in [0, 0.1) is 17.1 Å². The molecule has 0 saturated carbocycles. The highest BCUT2D eigenvalue weighted by Gasteiger charge is 2.13. The molecule has 4 nitrogen and oxygen atoms in total. The van der Waals surface area contributed by atoms with Gasteiger partial charge in [0.15, 0.2) is 9.84 Å². The number of hydrogen-bond donors (Lipinski definition) is 0. The van der Waals surface area contributed by atoms with Crippen molar-refractivity contribution in [2.45, 2.75) is 12.2 Å². The standard InChI is InChI=1S/C12H14FNO3S/c1-17-3-2-4-18(15,16)9-11-5-10(8-14)6-12(13)7-11/h5-7H,2-4,9H2,1H3. The largest absolute Gasteiger partial charge is 0.385 e. The van der Waals surface area contributed by atoms with E-state index in [-0.39, 0.29) is 17.1 Å². The molecule has 0 fully saturated rings. The molecule has 0 saturated heterocycles. The molecule has 1 aromatic carbocycles. The van der Waals surface area contributed by atoms with E-state index in [0.717, 1.165) is 12.1 Å². The van der Waals surface area contributed by atoms with Crippen LogP contribution in [0.2, 0.25) is 0 Å². The molecule has 0 aliphatic carbocycles. The molecule has 0 radical (unpaired) electrons. The van der Waals surface area contributed by atoms with Crippen LogP contribution in [0.25, 0.3) is 0 Å². The fourth-order valence-electron chi connectivity index (χ4n) is 1.55. The molecule has 1 aromatic rings. The Hall–Kier alpha value is -1.45. The average molecular weight is 271 g/mol. The molecule has 98 valence electrons. The van der Waals surface area contributed by atoms with Gasteiger partial charge in [0, 0.05) is 13.7 Å². The van der Waals surface area contributed by atoms with Gasteiger partial charge in [-0.05, 0) is 30.2 Å². The second kappa shape index (κ2) is 6.47. The van der Waals surface area contributed by atoms with Gasteiger partial charge < -0.3 is 4.74 Å². The van der Waals surface area contributed by atoms with Gasteiger partial charge in [-0.25, -0.2) is 12.8 Å². The molecule has 0 aliphatic heterocycles. The van der Waals surface area contributed by atoms with Crippen LogP contribution in [0.4, 0.5) is 4.39 Å². The Morgan fingerprint density at radius 1 is 1.39 bits per heavy atom. The minimum atomic E-state index is -3.30. The third kappa shape index (κ3) is 4.82. The lowest BCUT2D eigenvalue weighted by Gasteiger charge is -2.05. The number of benzene rings is 1. The molecule has 0 heterocycles. The van der Waals surface area contributed by atoms with E-state index in [1.54, 1.807) is 6.07 Å². The number of sulfone groups is 1. The molecule has 0 amide bonds. The summed E-state index contributed by atoms with van der Waals surface area (Å²) in [4.78, 5) is 0. The predicted molar refractivity (Wildman–Crippen MR) is 65.1 cm³/mol. The van der Waals surface area contributed by atoms with Crippen LogP contribution in [-0.4, -0.2) is 27.9 Å². The van der Waals surface area contributed by atoms with Crippen molar-refractivity contribution < 1.29 is 17.5 Å². The molecule has 0 aromatic heterocycles. The van der Waals surface area contributed by atoms with Gasteiger partial charge in [-0.15, -0.1) is 0 Å². The first kappa shape index (κ1) is 14.6. The summed E-state index contributed by atoms with van der Waals surface area (Å²) in [5.74, 6) is -0.876. The summed E-state index contributed by atoms with van der Waals surface area (Å²) in [7, 11) is -1.81. The van der Waals surface area contributed by atoms with Crippen molar-refractivity contribution in [3.05, 3.63) is 35.1 Å². The molecular weight excluding hydrogens is 257 g/mol. The minimum Gasteiger partial charge on any atom is -0.385 e. The first-order valence-electron chi connectivity index (χ1n) is 5.36. The van der Waals surface area contributed by atoms with Gasteiger partial charge in [-0.2, -0.15) is 5.26 Å². The van der Waals surface area contributed by atoms with E-state index in [0.29, 0.717) is 18.6 Å². The second-order valence-corrected chi connectivity index (χ2v) is 6.08. The molecule has 0 spiro atoms. The van der Waals surface area contributed by atoms with Crippen LogP contribution >= 0.6 is 0 Å². The van der Waals surface area contributed by atoms with Crippen LogP contribution in [0.5, 0.6) is 0 Å². The van der Waals surface area contributed by atoms with Crippen LogP contribution in [-0.2, 0) is 20.3 Å². The third-order valence-electron chi connectivity index (χ3n) is 2.28. The molecule has 18 heavy (non-hydrogen) atoms. The summed E-state index contributed by atoms with van der Waals surface area (Å²) in [6.45, 7) is 0.367. The molecule has 0 aliphatic rings. The fourth-order valence-corrected chi connectivity index (χ4v) is 2.92. The van der Waals surface area contributed by atoms with Gasteiger partial charge in [-0.1, -0.05) is 0 Å². The first-order chi connectivity index (χ1) is 8.46. The number of hydrogen-bond acceptors (Lipinski definition) is 4. The summed E-state index contributed by atoms with van der Waals surface area (Å²) in [5, 5.41) is 8.68. The summed E-state index contributed by atoms with van der Waals surface area (Å²) >= 11 is 0. The maximum Gasteiger partial charge on any atom is 0.154 e. The zero-order valence-corrected chi connectivity index (χ0v) is 10.8. The Kier molecular flexibility index (Phi) is 5.25. The van der Waals surface area contributed by atoms with Crippen molar-refractivity contribution in [3.63, 3.8) is 0 Å². The van der Waals surface area contributed by atoms with Crippen LogP contribution in [0.1, 0.15) is 17.5 Å². The number of nitriles is 1. The minimum absolute atomic E-state index is 0.0146. The lowest BCUT2D eigenvalue weighted by Crippen LogP contribution is -2.11. The van der Waals surface area contributed by atoms with E-state index in [4.69, 9.17) is 10.00 Å². The number of methoxy groups -OCH3 is 1. The molecule has 0 bridgehead atoms. The van der Waals surface area contributed by atoms with Crippen molar-refractivity contribution in [1.29, 1.82) is 5.26 Å². The molecule has 6 heteroatoms. The van der Waals surface area contributed by atoms with Gasteiger partial charge in [0.05, 0.1) is 23.1 Å². The molecule has 0 atom stereocenters. The highest BCUT2D eigenvalue weighted by molar-refractivity contribution is 7.90. The molecule has 1 rings (SSSR count). The highest BCUT2D eigenvalue weighted by Crippen LogP contribution is 2.12. The van der Waals surface area contributed by atoms with E-state index in [2.05, 4.69) is 0 Å². The number of rotatable bonds is 6. The lowest BCUT2D eigenvalue weighted by atomic mass is 10.1. The van der Waals surface area contributed by atoms with Gasteiger partial charge in [0.1, 0.15) is 5.82 Å². The van der Waals surface area contributed by atoms with Crippen molar-refractivity contribution in [1.82, 2.24) is 0 Å². The normalized spacial score (nSPS) is 11.2. The molecule has 0 unspecified atom stereocenters. The van der Waals surface area contributed by atoms with E-state index < -0.39 is 15.7 Å². The Morgan fingerprint density at radius 2 is 2.11 bits per heavy atom. The summed E-state index contributed by atoms with van der Waals surface area (Å²) in [6.07, 6.45) is 0.402. The number of ether oxygens (including phenoxy) is 1. The molecular formula is C12H14FNO3S. The topological polar surface area (TPSA) is 67.2 Å². The van der Waals surface area contributed by atoms with Gasteiger partial charge >= 0.3 is 0 Å². The van der Waals surface area contributed by atoms with E-state index in [1.165, 1.54) is 13.2 Å².